The Hall–Kier alpha value is -0.720. The van der Waals surface area contributed by atoms with Gasteiger partial charge in [-0.1, -0.05) is 6.92 Å². The van der Waals surface area contributed by atoms with Crippen LogP contribution in [0.5, 0.6) is 0 Å². The van der Waals surface area contributed by atoms with Gasteiger partial charge in [0.25, 0.3) is 0 Å². The van der Waals surface area contributed by atoms with Crippen molar-refractivity contribution in [2.75, 3.05) is 25.3 Å². The third-order valence-electron chi connectivity index (χ3n) is 2.29. The molecule has 1 aromatic heterocycles. The van der Waals surface area contributed by atoms with Gasteiger partial charge in [0.1, 0.15) is 5.82 Å². The van der Waals surface area contributed by atoms with Crippen LogP contribution in [0.2, 0.25) is 0 Å². The van der Waals surface area contributed by atoms with Crippen molar-refractivity contribution in [3.05, 3.63) is 5.82 Å². The molecule has 6 heteroatoms. The van der Waals surface area contributed by atoms with Crippen LogP contribution in [-0.2, 0) is 16.0 Å². The minimum atomic E-state index is 0.510. The van der Waals surface area contributed by atoms with Crippen molar-refractivity contribution in [3.63, 3.8) is 0 Å². The molecule has 2 rings (SSSR count). The summed E-state index contributed by atoms with van der Waals surface area (Å²) in [6.07, 6.45) is 1.94. The smallest absolute Gasteiger partial charge is 0.226 e. The minimum Gasteiger partial charge on any atom is -0.381 e. The quantitative estimate of drug-likeness (QED) is 0.775. The van der Waals surface area contributed by atoms with E-state index in [-0.39, 0.29) is 0 Å². The lowest BCUT2D eigenvalue weighted by Gasteiger charge is -2.07. The van der Waals surface area contributed by atoms with E-state index >= 15 is 0 Å². The lowest BCUT2D eigenvalue weighted by atomic mass is 10.1. The van der Waals surface area contributed by atoms with Crippen molar-refractivity contribution in [2.45, 2.75) is 19.8 Å². The van der Waals surface area contributed by atoms with Crippen molar-refractivity contribution in [1.29, 1.82) is 0 Å². The van der Waals surface area contributed by atoms with E-state index in [4.69, 9.17) is 9.57 Å². The largest absolute Gasteiger partial charge is 0.381 e. The van der Waals surface area contributed by atoms with Gasteiger partial charge in [-0.3, -0.25) is 4.84 Å². The van der Waals surface area contributed by atoms with Crippen LogP contribution in [0.3, 0.4) is 0 Å². The van der Waals surface area contributed by atoms with Crippen LogP contribution in [0.15, 0.2) is 0 Å². The summed E-state index contributed by atoms with van der Waals surface area (Å²) in [5, 5.41) is 0.728. The Morgan fingerprint density at radius 1 is 1.67 bits per heavy atom. The van der Waals surface area contributed by atoms with Gasteiger partial charge in [0.2, 0.25) is 5.13 Å². The number of aromatic nitrogens is 2. The van der Waals surface area contributed by atoms with Gasteiger partial charge in [0.05, 0.1) is 13.2 Å². The molecule has 84 valence electrons. The predicted octanol–water partition coefficient (Wildman–Crippen LogP) is 1.48. The summed E-state index contributed by atoms with van der Waals surface area (Å²) in [7, 11) is 0. The molecule has 1 N–H and O–H groups in total. The summed E-state index contributed by atoms with van der Waals surface area (Å²) in [4.78, 5) is 9.57. The summed E-state index contributed by atoms with van der Waals surface area (Å²) >= 11 is 1.33. The molecule has 0 bridgehead atoms. The molecule has 0 spiro atoms. The first kappa shape index (κ1) is 10.8. The van der Waals surface area contributed by atoms with Crippen LogP contribution in [0.25, 0.3) is 0 Å². The highest BCUT2D eigenvalue weighted by Crippen LogP contribution is 2.14. The summed E-state index contributed by atoms with van der Waals surface area (Å²) in [5.74, 6) is 1.37. The second-order valence-corrected chi connectivity index (χ2v) is 4.26. The van der Waals surface area contributed by atoms with Crippen LogP contribution in [0.1, 0.15) is 19.2 Å². The van der Waals surface area contributed by atoms with E-state index in [1.165, 1.54) is 11.5 Å². The maximum Gasteiger partial charge on any atom is 0.226 e. The molecule has 1 aliphatic rings. The van der Waals surface area contributed by atoms with Crippen molar-refractivity contribution < 1.29 is 9.57 Å². The first-order chi connectivity index (χ1) is 7.38. The number of nitrogens with one attached hydrogen (secondary N) is 1. The monoisotopic (exact) mass is 229 g/mol. The fraction of sp³-hybridized carbons (Fsp3) is 0.778. The van der Waals surface area contributed by atoms with Gasteiger partial charge in [-0.25, -0.2) is 10.5 Å². The van der Waals surface area contributed by atoms with Gasteiger partial charge in [-0.2, -0.15) is 4.37 Å². The van der Waals surface area contributed by atoms with Gasteiger partial charge >= 0.3 is 0 Å². The third kappa shape index (κ3) is 3.12. The average Bonchev–Trinajstić information content (AvgIpc) is 2.88. The fourth-order valence-corrected chi connectivity index (χ4v) is 1.98. The van der Waals surface area contributed by atoms with Crippen LogP contribution in [-0.4, -0.2) is 29.2 Å². The highest BCUT2D eigenvalue weighted by atomic mass is 32.1. The number of hydrogen-bond acceptors (Lipinski definition) is 6. The van der Waals surface area contributed by atoms with Crippen LogP contribution < -0.4 is 5.48 Å². The lowest BCUT2D eigenvalue weighted by Crippen LogP contribution is -2.12. The first-order valence-electron chi connectivity index (χ1n) is 5.16. The van der Waals surface area contributed by atoms with E-state index in [1.807, 2.05) is 6.92 Å². The molecule has 1 aromatic rings. The molecule has 15 heavy (non-hydrogen) atoms. The summed E-state index contributed by atoms with van der Waals surface area (Å²) in [6.45, 7) is 4.36. The van der Waals surface area contributed by atoms with Gasteiger partial charge in [-0.05, 0) is 6.42 Å². The molecule has 1 saturated heterocycles. The number of aryl methyl sites for hydroxylation is 1. The standard InChI is InChI=1S/C9H15N3O2S/c1-2-8-10-9(15-12-8)11-14-6-7-3-4-13-5-7/h7H,2-6H2,1H3,(H,10,11,12). The van der Waals surface area contributed by atoms with E-state index in [2.05, 4.69) is 14.8 Å². The molecule has 0 amide bonds. The maximum absolute atomic E-state index is 5.34. The predicted molar refractivity (Wildman–Crippen MR) is 57.8 cm³/mol. The minimum absolute atomic E-state index is 0.510. The average molecular weight is 229 g/mol. The Morgan fingerprint density at radius 2 is 2.60 bits per heavy atom. The maximum atomic E-state index is 5.34. The zero-order valence-electron chi connectivity index (χ0n) is 8.73. The van der Waals surface area contributed by atoms with E-state index in [1.54, 1.807) is 0 Å². The molecule has 1 aliphatic heterocycles. The van der Waals surface area contributed by atoms with Crippen molar-refractivity contribution in [1.82, 2.24) is 9.36 Å². The van der Waals surface area contributed by atoms with Gasteiger partial charge in [-0.15, -0.1) is 0 Å². The van der Waals surface area contributed by atoms with Gasteiger partial charge in [0, 0.05) is 30.5 Å². The zero-order chi connectivity index (χ0) is 10.5. The SMILES string of the molecule is CCc1nsc(NOCC2CCOC2)n1. The van der Waals surface area contributed by atoms with E-state index in [9.17, 15) is 0 Å². The van der Waals surface area contributed by atoms with Crippen LogP contribution in [0, 0.1) is 5.92 Å². The van der Waals surface area contributed by atoms with Crippen LogP contribution >= 0.6 is 11.5 Å². The number of anilines is 1. The topological polar surface area (TPSA) is 56.3 Å². The summed E-state index contributed by atoms with van der Waals surface area (Å²) in [6, 6.07) is 0. The Labute approximate surface area is 92.9 Å². The van der Waals surface area contributed by atoms with Crippen molar-refractivity contribution in [2.24, 2.45) is 5.92 Å². The highest BCUT2D eigenvalue weighted by Gasteiger charge is 2.15. The Morgan fingerprint density at radius 3 is 3.27 bits per heavy atom. The third-order valence-corrected chi connectivity index (χ3v) is 2.94. The van der Waals surface area contributed by atoms with Crippen molar-refractivity contribution in [3.8, 4) is 0 Å². The highest BCUT2D eigenvalue weighted by molar-refractivity contribution is 7.09. The molecular formula is C9H15N3O2S. The second-order valence-electron chi connectivity index (χ2n) is 3.51. The number of rotatable bonds is 5. The first-order valence-corrected chi connectivity index (χ1v) is 5.94. The second kappa shape index (κ2) is 5.39. The van der Waals surface area contributed by atoms with Gasteiger partial charge < -0.3 is 4.74 Å². The molecule has 0 aliphatic carbocycles. The zero-order valence-corrected chi connectivity index (χ0v) is 9.55. The normalized spacial score (nSPS) is 20.7. The molecule has 0 radical (unpaired) electrons. The number of ether oxygens (including phenoxy) is 1. The number of nitrogens with zero attached hydrogens (tertiary/aromatic N) is 2. The molecule has 5 nitrogen and oxygen atoms in total. The summed E-state index contributed by atoms with van der Waals surface area (Å²) in [5.41, 5.74) is 2.82. The Bertz CT molecular complexity index is 299. The molecule has 1 atom stereocenters. The Kier molecular flexibility index (Phi) is 3.87. The van der Waals surface area contributed by atoms with Crippen molar-refractivity contribution >= 4 is 16.7 Å². The van der Waals surface area contributed by atoms with E-state index in [0.29, 0.717) is 12.5 Å². The fourth-order valence-electron chi connectivity index (χ4n) is 1.38. The summed E-state index contributed by atoms with van der Waals surface area (Å²) < 4.78 is 9.40. The molecular weight excluding hydrogens is 214 g/mol. The molecule has 1 unspecified atom stereocenters. The van der Waals surface area contributed by atoms with E-state index in [0.717, 1.165) is 37.0 Å². The number of hydrogen-bond donors (Lipinski definition) is 1. The van der Waals surface area contributed by atoms with Gasteiger partial charge in [0.15, 0.2) is 0 Å². The lowest BCUT2D eigenvalue weighted by molar-refractivity contribution is 0.127. The molecule has 0 saturated carbocycles. The molecule has 1 fully saturated rings. The van der Waals surface area contributed by atoms with Crippen LogP contribution in [0.4, 0.5) is 5.13 Å². The molecule has 0 aromatic carbocycles. The Balaban J connectivity index is 1.68. The molecule has 2 heterocycles. The van der Waals surface area contributed by atoms with E-state index < -0.39 is 0 Å².